The standard InChI is InChI=1S/C20H25ClN2O4/c1-4-12-13-7-8-14(19(25)27-10-6-5-9-21)18(24)15(13)11-16-17(12)23(3)20(26)22(16)2/h11,14H,4-10H2,1-3H3. The normalized spacial score (nSPS) is 16.6. The van der Waals surface area contributed by atoms with Crippen LogP contribution >= 0.6 is 11.6 Å². The molecule has 0 fully saturated rings. The number of hydrogen-bond acceptors (Lipinski definition) is 4. The van der Waals surface area contributed by atoms with Gasteiger partial charge in [0.05, 0.1) is 17.6 Å². The highest BCUT2D eigenvalue weighted by Crippen LogP contribution is 2.34. The summed E-state index contributed by atoms with van der Waals surface area (Å²) in [5, 5.41) is 0. The number of aromatic nitrogens is 2. The number of aryl methyl sites for hydroxylation is 3. The van der Waals surface area contributed by atoms with E-state index in [1.165, 1.54) is 0 Å². The number of fused-ring (bicyclic) bond motifs is 2. The fourth-order valence-corrected chi connectivity index (χ4v) is 4.18. The van der Waals surface area contributed by atoms with Crippen molar-refractivity contribution in [1.29, 1.82) is 0 Å². The van der Waals surface area contributed by atoms with Crippen molar-refractivity contribution in [3.8, 4) is 0 Å². The van der Waals surface area contributed by atoms with Gasteiger partial charge >= 0.3 is 11.7 Å². The van der Waals surface area contributed by atoms with Gasteiger partial charge in [0.1, 0.15) is 5.92 Å². The Morgan fingerprint density at radius 2 is 2.00 bits per heavy atom. The van der Waals surface area contributed by atoms with Crippen molar-refractivity contribution in [3.05, 3.63) is 33.2 Å². The molecule has 0 radical (unpaired) electrons. The molecule has 1 atom stereocenters. The number of carbonyl (C=O) groups is 2. The third-order valence-corrected chi connectivity index (χ3v) is 5.71. The molecule has 3 rings (SSSR count). The van der Waals surface area contributed by atoms with E-state index in [9.17, 15) is 14.4 Å². The quantitative estimate of drug-likeness (QED) is 0.328. The van der Waals surface area contributed by atoms with Gasteiger partial charge in [-0.05, 0) is 49.3 Å². The topological polar surface area (TPSA) is 70.3 Å². The Morgan fingerprint density at radius 3 is 2.67 bits per heavy atom. The van der Waals surface area contributed by atoms with Crippen LogP contribution in [0, 0.1) is 5.92 Å². The zero-order valence-corrected chi connectivity index (χ0v) is 16.8. The van der Waals surface area contributed by atoms with Crippen LogP contribution in [-0.2, 0) is 36.5 Å². The van der Waals surface area contributed by atoms with Crippen LogP contribution in [0.25, 0.3) is 11.0 Å². The van der Waals surface area contributed by atoms with E-state index in [1.807, 2.05) is 6.92 Å². The molecule has 6 nitrogen and oxygen atoms in total. The third-order valence-electron chi connectivity index (χ3n) is 5.44. The Kier molecular flexibility index (Phi) is 5.75. The number of ketones is 1. The second-order valence-electron chi connectivity index (χ2n) is 7.02. The molecule has 0 amide bonds. The minimum atomic E-state index is -0.767. The molecular weight excluding hydrogens is 368 g/mol. The van der Waals surface area contributed by atoms with Gasteiger partial charge in [-0.3, -0.25) is 18.7 Å². The number of Topliss-reactive ketones (excluding diaryl/α,β-unsaturated/α-hetero) is 1. The molecule has 0 N–H and O–H groups in total. The first-order valence-electron chi connectivity index (χ1n) is 9.39. The number of imidazole rings is 1. The average Bonchev–Trinajstić information content (AvgIpc) is 2.88. The smallest absolute Gasteiger partial charge is 0.328 e. The summed E-state index contributed by atoms with van der Waals surface area (Å²) in [5.74, 6) is -0.901. The fourth-order valence-electron chi connectivity index (χ4n) is 3.99. The van der Waals surface area contributed by atoms with Crippen LogP contribution in [0.15, 0.2) is 10.9 Å². The number of hydrogen-bond donors (Lipinski definition) is 0. The van der Waals surface area contributed by atoms with Gasteiger partial charge in [-0.2, -0.15) is 0 Å². The molecule has 0 saturated carbocycles. The Hall–Kier alpha value is -2.08. The van der Waals surface area contributed by atoms with Gasteiger partial charge in [-0.25, -0.2) is 4.79 Å². The van der Waals surface area contributed by atoms with Crippen molar-refractivity contribution in [1.82, 2.24) is 9.13 Å². The molecule has 0 aliphatic heterocycles. The molecule has 2 aromatic rings. The highest BCUT2D eigenvalue weighted by Gasteiger charge is 2.36. The Bertz CT molecular complexity index is 957. The van der Waals surface area contributed by atoms with E-state index < -0.39 is 11.9 Å². The van der Waals surface area contributed by atoms with E-state index in [1.54, 1.807) is 29.3 Å². The summed E-state index contributed by atoms with van der Waals surface area (Å²) in [6.45, 7) is 2.31. The molecule has 1 heterocycles. The van der Waals surface area contributed by atoms with E-state index >= 15 is 0 Å². The molecule has 1 unspecified atom stereocenters. The first-order chi connectivity index (χ1) is 12.9. The minimum absolute atomic E-state index is 0.121. The maximum Gasteiger partial charge on any atom is 0.328 e. The van der Waals surface area contributed by atoms with Crippen LogP contribution in [-0.4, -0.2) is 33.4 Å². The lowest BCUT2D eigenvalue weighted by Crippen LogP contribution is -2.32. The number of rotatable bonds is 6. The average molecular weight is 393 g/mol. The monoisotopic (exact) mass is 392 g/mol. The second-order valence-corrected chi connectivity index (χ2v) is 7.40. The molecule has 1 aromatic carbocycles. The van der Waals surface area contributed by atoms with E-state index in [2.05, 4.69) is 0 Å². The molecule has 0 saturated heterocycles. The van der Waals surface area contributed by atoms with Gasteiger partial charge in [-0.1, -0.05) is 6.92 Å². The minimum Gasteiger partial charge on any atom is -0.465 e. The number of alkyl halides is 1. The van der Waals surface area contributed by atoms with Crippen LogP contribution in [0.3, 0.4) is 0 Å². The number of carbonyl (C=O) groups excluding carboxylic acids is 2. The molecule has 0 spiro atoms. The Morgan fingerprint density at radius 1 is 1.26 bits per heavy atom. The molecule has 1 aliphatic carbocycles. The first kappa shape index (κ1) is 19.7. The maximum atomic E-state index is 13.0. The Labute approximate surface area is 163 Å². The molecular formula is C20H25ClN2O4. The molecule has 1 aromatic heterocycles. The molecule has 27 heavy (non-hydrogen) atoms. The molecule has 0 bridgehead atoms. The van der Waals surface area contributed by atoms with Crippen molar-refractivity contribution in [3.63, 3.8) is 0 Å². The summed E-state index contributed by atoms with van der Waals surface area (Å²) in [4.78, 5) is 37.8. The number of esters is 1. The number of nitrogens with zero attached hydrogens (tertiary/aromatic N) is 2. The first-order valence-corrected chi connectivity index (χ1v) is 9.92. The summed E-state index contributed by atoms with van der Waals surface area (Å²) < 4.78 is 8.47. The molecule has 7 heteroatoms. The van der Waals surface area contributed by atoms with Crippen molar-refractivity contribution >= 4 is 34.4 Å². The number of benzene rings is 1. The van der Waals surface area contributed by atoms with Crippen molar-refractivity contribution in [2.75, 3.05) is 12.5 Å². The van der Waals surface area contributed by atoms with Gasteiger partial charge in [0.15, 0.2) is 5.78 Å². The van der Waals surface area contributed by atoms with Crippen LogP contribution in [0.5, 0.6) is 0 Å². The summed E-state index contributed by atoms with van der Waals surface area (Å²) in [5.41, 5.74) is 4.01. The zero-order valence-electron chi connectivity index (χ0n) is 16.0. The highest BCUT2D eigenvalue weighted by molar-refractivity contribution is 6.17. The third kappa shape index (κ3) is 3.31. The second kappa shape index (κ2) is 7.89. The van der Waals surface area contributed by atoms with Crippen molar-refractivity contribution in [2.45, 2.75) is 39.0 Å². The summed E-state index contributed by atoms with van der Waals surface area (Å²) in [6.07, 6.45) is 3.26. The fraction of sp³-hybridized carbons (Fsp3) is 0.550. The number of unbranched alkanes of at least 4 members (excludes halogenated alkanes) is 1. The van der Waals surface area contributed by atoms with Crippen molar-refractivity contribution in [2.24, 2.45) is 20.0 Å². The van der Waals surface area contributed by atoms with Gasteiger partial charge in [0.25, 0.3) is 0 Å². The largest absolute Gasteiger partial charge is 0.465 e. The van der Waals surface area contributed by atoms with Gasteiger partial charge in [0.2, 0.25) is 0 Å². The van der Waals surface area contributed by atoms with E-state index in [0.29, 0.717) is 30.7 Å². The van der Waals surface area contributed by atoms with Gasteiger partial charge in [-0.15, -0.1) is 11.6 Å². The summed E-state index contributed by atoms with van der Waals surface area (Å²) in [7, 11) is 3.45. The summed E-state index contributed by atoms with van der Waals surface area (Å²) >= 11 is 5.63. The lowest BCUT2D eigenvalue weighted by atomic mass is 9.79. The van der Waals surface area contributed by atoms with Crippen LogP contribution < -0.4 is 5.69 Å². The van der Waals surface area contributed by atoms with E-state index in [-0.39, 0.29) is 18.1 Å². The molecule has 1 aliphatic rings. The number of ether oxygens (including phenoxy) is 1. The van der Waals surface area contributed by atoms with Crippen LogP contribution in [0.2, 0.25) is 0 Å². The van der Waals surface area contributed by atoms with E-state index in [0.717, 1.165) is 35.0 Å². The predicted octanol–water partition coefficient (Wildman–Crippen LogP) is 2.75. The summed E-state index contributed by atoms with van der Waals surface area (Å²) in [6, 6.07) is 1.76. The van der Waals surface area contributed by atoms with Gasteiger partial charge < -0.3 is 4.74 Å². The predicted molar refractivity (Wildman–Crippen MR) is 105 cm³/mol. The van der Waals surface area contributed by atoms with Crippen LogP contribution in [0.1, 0.15) is 47.7 Å². The van der Waals surface area contributed by atoms with E-state index in [4.69, 9.17) is 16.3 Å². The highest BCUT2D eigenvalue weighted by atomic mass is 35.5. The maximum absolute atomic E-state index is 13.0. The van der Waals surface area contributed by atoms with Crippen molar-refractivity contribution < 1.29 is 14.3 Å². The zero-order chi connectivity index (χ0) is 19.7. The lowest BCUT2D eigenvalue weighted by Gasteiger charge is -2.25. The number of halogens is 1. The van der Waals surface area contributed by atoms with Crippen LogP contribution in [0.4, 0.5) is 0 Å². The SMILES string of the molecule is CCc1c2c(cc3c1n(C)c(=O)n3C)C(=O)C(C(=O)OCCCCCl)CC2. The molecule has 146 valence electrons. The van der Waals surface area contributed by atoms with Gasteiger partial charge in [0, 0.05) is 25.5 Å². The Balaban J connectivity index is 1.98. The lowest BCUT2D eigenvalue weighted by molar-refractivity contribution is -0.147.